The number of aromatic nitrogens is 1. The van der Waals surface area contributed by atoms with Crippen molar-refractivity contribution in [2.24, 2.45) is 0 Å². The third-order valence-electron chi connectivity index (χ3n) is 7.62. The number of methoxy groups -OCH3 is 1. The molecule has 42 heavy (non-hydrogen) atoms. The van der Waals surface area contributed by atoms with Crippen LogP contribution in [0, 0.1) is 0 Å². The Hall–Kier alpha value is -3.18. The van der Waals surface area contributed by atoms with E-state index >= 15 is 0 Å². The number of hydrogen-bond donors (Lipinski definition) is 0. The van der Waals surface area contributed by atoms with Crippen LogP contribution in [0.1, 0.15) is 74.3 Å². The van der Waals surface area contributed by atoms with Gasteiger partial charge in [0.25, 0.3) is 5.91 Å². The summed E-state index contributed by atoms with van der Waals surface area (Å²) in [4.78, 5) is 55.0. The maximum absolute atomic E-state index is 14.5. The second-order valence-electron chi connectivity index (χ2n) is 14.5. The molecule has 0 saturated carbocycles. The summed E-state index contributed by atoms with van der Waals surface area (Å²) in [5, 5.41) is 0.421. The van der Waals surface area contributed by atoms with E-state index in [0.29, 0.717) is 11.1 Å². The third-order valence-corrected chi connectivity index (χ3v) is 12.1. The molecular formula is C31H46N2O8Si. The summed E-state index contributed by atoms with van der Waals surface area (Å²) in [5.41, 5.74) is -2.01. The molecule has 2 atom stereocenters. The van der Waals surface area contributed by atoms with Crippen molar-refractivity contribution in [3.05, 3.63) is 36.0 Å². The zero-order valence-corrected chi connectivity index (χ0v) is 28.0. The second-order valence-corrected chi connectivity index (χ2v) is 19.2. The molecule has 3 rings (SSSR count). The predicted octanol–water partition coefficient (Wildman–Crippen LogP) is 6.44. The molecular weight excluding hydrogens is 556 g/mol. The highest BCUT2D eigenvalue weighted by atomic mass is 28.4. The number of hydrogen-bond acceptors (Lipinski definition) is 8. The minimum absolute atomic E-state index is 0.00144. The predicted molar refractivity (Wildman–Crippen MR) is 162 cm³/mol. The standard InChI is InChI=1S/C31H46N2O8Si/c1-28(2,3)39-26(36)32-19-20(21-15-13-14-16-22(21)32)17-31(41-42(11,12)30(7,8)9)18-23(24(34)38-10)33(25(31)35)27(37)40-29(4,5)6/h13-16,19,23H,17-18H2,1-12H3/t23-,31-/m1/s1. The van der Waals surface area contributed by atoms with Crippen molar-refractivity contribution in [2.75, 3.05) is 7.11 Å². The van der Waals surface area contributed by atoms with Gasteiger partial charge in [-0.05, 0) is 71.3 Å². The van der Waals surface area contributed by atoms with Crippen LogP contribution in [0.5, 0.6) is 0 Å². The van der Waals surface area contributed by atoms with Gasteiger partial charge >= 0.3 is 18.2 Å². The van der Waals surface area contributed by atoms with Crippen molar-refractivity contribution in [1.29, 1.82) is 0 Å². The van der Waals surface area contributed by atoms with E-state index in [0.717, 1.165) is 10.3 Å². The number of likely N-dealkylation sites (tertiary alicyclic amines) is 1. The summed E-state index contributed by atoms with van der Waals surface area (Å²) in [6.45, 7) is 20.6. The molecule has 1 aliphatic rings. The Morgan fingerprint density at radius 1 is 0.929 bits per heavy atom. The van der Waals surface area contributed by atoms with Gasteiger partial charge in [0.2, 0.25) is 0 Å². The van der Waals surface area contributed by atoms with Crippen LogP contribution >= 0.6 is 0 Å². The summed E-state index contributed by atoms with van der Waals surface area (Å²) in [6.07, 6.45) is 0.00801. The first kappa shape index (κ1) is 33.3. The van der Waals surface area contributed by atoms with Gasteiger partial charge in [-0.2, -0.15) is 0 Å². The average Bonchev–Trinajstić information content (AvgIpc) is 3.31. The number of imide groups is 1. The van der Waals surface area contributed by atoms with E-state index in [9.17, 15) is 19.2 Å². The topological polar surface area (TPSA) is 113 Å². The minimum Gasteiger partial charge on any atom is -0.467 e. The van der Waals surface area contributed by atoms with Gasteiger partial charge in [-0.25, -0.2) is 19.3 Å². The molecule has 0 bridgehead atoms. The van der Waals surface area contributed by atoms with Crippen molar-refractivity contribution >= 4 is 43.3 Å². The van der Waals surface area contributed by atoms with Gasteiger partial charge in [-0.1, -0.05) is 39.0 Å². The second kappa shape index (κ2) is 11.1. The van der Waals surface area contributed by atoms with Crippen molar-refractivity contribution in [3.63, 3.8) is 0 Å². The summed E-state index contributed by atoms with van der Waals surface area (Å²) in [7, 11) is -1.48. The molecule has 0 unspecified atom stereocenters. The minimum atomic E-state index is -2.69. The number of carbonyl (C=O) groups excluding carboxylic acids is 4. The van der Waals surface area contributed by atoms with Gasteiger partial charge in [0.15, 0.2) is 8.32 Å². The molecule has 1 fully saturated rings. The SMILES string of the molecule is COC(=O)[C@H]1C[C@@](Cc2cn(C(=O)OC(C)(C)C)c3ccccc23)(O[Si](C)(C)C(C)(C)C)C(=O)N1C(=O)OC(C)(C)C. The Morgan fingerprint density at radius 2 is 1.48 bits per heavy atom. The molecule has 1 saturated heterocycles. The van der Waals surface area contributed by atoms with Crippen LogP contribution in [0.4, 0.5) is 9.59 Å². The highest BCUT2D eigenvalue weighted by molar-refractivity contribution is 6.74. The first-order valence-corrected chi connectivity index (χ1v) is 17.1. The van der Waals surface area contributed by atoms with Crippen LogP contribution in [-0.2, 0) is 34.6 Å². The first-order chi connectivity index (χ1) is 19.0. The van der Waals surface area contributed by atoms with E-state index in [1.54, 1.807) is 53.8 Å². The lowest BCUT2D eigenvalue weighted by Gasteiger charge is -2.43. The van der Waals surface area contributed by atoms with Crippen LogP contribution in [0.3, 0.4) is 0 Å². The number of nitrogens with zero attached hydrogens (tertiary/aromatic N) is 2. The van der Waals surface area contributed by atoms with E-state index in [1.165, 1.54) is 11.7 Å². The lowest BCUT2D eigenvalue weighted by molar-refractivity contribution is -0.149. The summed E-state index contributed by atoms with van der Waals surface area (Å²) in [5.74, 6) is -1.42. The Labute approximate surface area is 249 Å². The number of para-hydroxylation sites is 1. The zero-order valence-electron chi connectivity index (χ0n) is 27.0. The lowest BCUT2D eigenvalue weighted by atomic mass is 9.91. The summed E-state index contributed by atoms with van der Waals surface area (Å²) < 4.78 is 24.6. The molecule has 2 amide bonds. The quantitative estimate of drug-likeness (QED) is 0.218. The Morgan fingerprint density at radius 3 is 2.00 bits per heavy atom. The van der Waals surface area contributed by atoms with Gasteiger partial charge < -0.3 is 18.6 Å². The smallest absolute Gasteiger partial charge is 0.419 e. The fourth-order valence-electron chi connectivity index (χ4n) is 4.77. The Balaban J connectivity index is 2.23. The summed E-state index contributed by atoms with van der Waals surface area (Å²) in [6, 6.07) is 6.06. The number of fused-ring (bicyclic) bond motifs is 1. The van der Waals surface area contributed by atoms with E-state index in [1.807, 2.05) is 52.1 Å². The highest BCUT2D eigenvalue weighted by Crippen LogP contribution is 2.45. The van der Waals surface area contributed by atoms with E-state index in [4.69, 9.17) is 18.6 Å². The van der Waals surface area contributed by atoms with Gasteiger partial charge in [0.05, 0.1) is 12.6 Å². The molecule has 11 heteroatoms. The molecule has 2 aromatic rings. The molecule has 1 aliphatic heterocycles. The molecule has 0 radical (unpaired) electrons. The number of carbonyl (C=O) groups is 4. The molecule has 0 aliphatic carbocycles. The number of esters is 1. The zero-order chi connectivity index (χ0) is 32.1. The van der Waals surface area contributed by atoms with Gasteiger partial charge in [0.1, 0.15) is 22.8 Å². The van der Waals surface area contributed by atoms with Gasteiger partial charge in [-0.15, -0.1) is 0 Å². The lowest BCUT2D eigenvalue weighted by Crippen LogP contribution is -2.55. The van der Waals surface area contributed by atoms with Crippen LogP contribution in [-0.4, -0.2) is 71.8 Å². The van der Waals surface area contributed by atoms with Gasteiger partial charge in [0, 0.05) is 24.4 Å². The fourth-order valence-corrected chi connectivity index (χ4v) is 6.30. The van der Waals surface area contributed by atoms with Gasteiger partial charge in [-0.3, -0.25) is 9.36 Å². The average molecular weight is 603 g/mol. The van der Waals surface area contributed by atoms with Crippen LogP contribution in [0.25, 0.3) is 10.9 Å². The van der Waals surface area contributed by atoms with Crippen molar-refractivity contribution < 1.29 is 37.8 Å². The van der Waals surface area contributed by atoms with Crippen molar-refractivity contribution in [1.82, 2.24) is 9.47 Å². The third kappa shape index (κ3) is 6.89. The van der Waals surface area contributed by atoms with Crippen molar-refractivity contribution in [3.8, 4) is 0 Å². The molecule has 0 spiro atoms. The number of benzene rings is 1. The molecule has 232 valence electrons. The molecule has 2 heterocycles. The number of amides is 2. The fraction of sp³-hybridized carbons (Fsp3) is 0.613. The number of ether oxygens (including phenoxy) is 3. The van der Waals surface area contributed by atoms with E-state index in [2.05, 4.69) is 0 Å². The van der Waals surface area contributed by atoms with E-state index < -0.39 is 55.2 Å². The van der Waals surface area contributed by atoms with Crippen LogP contribution in [0.2, 0.25) is 18.1 Å². The summed E-state index contributed by atoms with van der Waals surface area (Å²) >= 11 is 0. The van der Waals surface area contributed by atoms with Crippen LogP contribution < -0.4 is 0 Å². The molecule has 1 aromatic carbocycles. The van der Waals surface area contributed by atoms with Crippen molar-refractivity contribution in [2.45, 2.75) is 116 Å². The number of rotatable bonds is 5. The normalized spacial score (nSPS) is 20.1. The largest absolute Gasteiger partial charge is 0.467 e. The van der Waals surface area contributed by atoms with E-state index in [-0.39, 0.29) is 17.9 Å². The molecule has 1 aromatic heterocycles. The molecule has 0 N–H and O–H groups in total. The first-order valence-electron chi connectivity index (χ1n) is 14.2. The maximum Gasteiger partial charge on any atom is 0.419 e. The Bertz CT molecular complexity index is 1380. The molecule has 10 nitrogen and oxygen atoms in total. The highest BCUT2D eigenvalue weighted by Gasteiger charge is 2.61. The monoisotopic (exact) mass is 602 g/mol. The maximum atomic E-state index is 14.5. The van der Waals surface area contributed by atoms with Crippen LogP contribution in [0.15, 0.2) is 30.5 Å². The Kier molecular flexibility index (Phi) is 8.84.